The molecule has 4 rings (SSSR count). The number of piperazine rings is 1. The van der Waals surface area contributed by atoms with Crippen LogP contribution in [0.5, 0.6) is 0 Å². The first-order valence-corrected chi connectivity index (χ1v) is 9.63. The van der Waals surface area contributed by atoms with Crippen molar-refractivity contribution < 1.29 is 0 Å². The number of benzene rings is 2. The molecule has 4 nitrogen and oxygen atoms in total. The van der Waals surface area contributed by atoms with Crippen LogP contribution in [0.2, 0.25) is 5.02 Å². The highest BCUT2D eigenvalue weighted by Crippen LogP contribution is 2.31. The van der Waals surface area contributed by atoms with Crippen molar-refractivity contribution in [3.63, 3.8) is 0 Å². The first kappa shape index (κ1) is 17.3. The molecule has 1 aromatic heterocycles. The Kier molecular flexibility index (Phi) is 5.05. The van der Waals surface area contributed by atoms with Crippen LogP contribution in [0.15, 0.2) is 48.5 Å². The molecule has 1 saturated heterocycles. The minimum atomic E-state index is 0.682. The van der Waals surface area contributed by atoms with Crippen LogP contribution < -0.4 is 4.90 Å². The van der Waals surface area contributed by atoms with E-state index in [0.29, 0.717) is 10.8 Å². The number of fused-ring (bicyclic) bond motifs is 1. The molecule has 0 unspecified atom stereocenters. The lowest BCUT2D eigenvalue weighted by Crippen LogP contribution is -2.46. The van der Waals surface area contributed by atoms with Crippen LogP contribution in [-0.2, 0) is 0 Å². The van der Waals surface area contributed by atoms with E-state index in [1.807, 2.05) is 36.4 Å². The molecule has 3 aromatic rings. The molecular formula is C21H23ClN4. The molecule has 0 bridgehead atoms. The zero-order valence-electron chi connectivity index (χ0n) is 15.0. The van der Waals surface area contributed by atoms with Gasteiger partial charge in [-0.3, -0.25) is 4.90 Å². The van der Waals surface area contributed by atoms with E-state index in [1.165, 1.54) is 13.0 Å². The van der Waals surface area contributed by atoms with Gasteiger partial charge in [-0.05, 0) is 37.2 Å². The summed E-state index contributed by atoms with van der Waals surface area (Å²) in [6, 6.07) is 16.0. The third-order valence-corrected chi connectivity index (χ3v) is 5.24. The van der Waals surface area contributed by atoms with E-state index in [9.17, 15) is 0 Å². The topological polar surface area (TPSA) is 32.3 Å². The van der Waals surface area contributed by atoms with E-state index in [-0.39, 0.29) is 0 Å². The maximum Gasteiger partial charge on any atom is 0.163 e. The minimum absolute atomic E-state index is 0.682. The Morgan fingerprint density at radius 2 is 1.65 bits per heavy atom. The fraction of sp³-hybridized carbons (Fsp3) is 0.333. The molecule has 1 aliphatic heterocycles. The van der Waals surface area contributed by atoms with Gasteiger partial charge in [0.15, 0.2) is 5.82 Å². The smallest absolute Gasteiger partial charge is 0.163 e. The van der Waals surface area contributed by atoms with Gasteiger partial charge in [0.1, 0.15) is 5.82 Å². The fourth-order valence-electron chi connectivity index (χ4n) is 3.56. The van der Waals surface area contributed by atoms with E-state index >= 15 is 0 Å². The number of anilines is 1. The van der Waals surface area contributed by atoms with Crippen LogP contribution in [0.25, 0.3) is 22.3 Å². The summed E-state index contributed by atoms with van der Waals surface area (Å²) < 4.78 is 0. The highest BCUT2D eigenvalue weighted by atomic mass is 35.5. The van der Waals surface area contributed by atoms with Gasteiger partial charge in [0, 0.05) is 37.1 Å². The van der Waals surface area contributed by atoms with Gasteiger partial charge in [-0.15, -0.1) is 0 Å². The second-order valence-corrected chi connectivity index (χ2v) is 7.10. The van der Waals surface area contributed by atoms with Crippen molar-refractivity contribution in [1.29, 1.82) is 0 Å². The summed E-state index contributed by atoms with van der Waals surface area (Å²) in [6.45, 7) is 7.54. The lowest BCUT2D eigenvalue weighted by molar-refractivity contribution is 0.258. The predicted molar refractivity (Wildman–Crippen MR) is 109 cm³/mol. The van der Waals surface area contributed by atoms with Crippen molar-refractivity contribution in [2.24, 2.45) is 0 Å². The van der Waals surface area contributed by atoms with E-state index in [4.69, 9.17) is 21.6 Å². The Morgan fingerprint density at radius 3 is 2.42 bits per heavy atom. The monoisotopic (exact) mass is 366 g/mol. The van der Waals surface area contributed by atoms with E-state index in [2.05, 4.69) is 28.9 Å². The van der Waals surface area contributed by atoms with Crippen molar-refractivity contribution in [2.75, 3.05) is 37.6 Å². The number of nitrogens with zero attached hydrogens (tertiary/aromatic N) is 4. The number of hydrogen-bond donors (Lipinski definition) is 0. The van der Waals surface area contributed by atoms with Crippen molar-refractivity contribution in [1.82, 2.24) is 14.9 Å². The van der Waals surface area contributed by atoms with Crippen molar-refractivity contribution in [3.05, 3.63) is 53.6 Å². The summed E-state index contributed by atoms with van der Waals surface area (Å²) in [4.78, 5) is 14.6. The van der Waals surface area contributed by atoms with Gasteiger partial charge in [0.25, 0.3) is 0 Å². The van der Waals surface area contributed by atoms with Crippen LogP contribution in [-0.4, -0.2) is 47.6 Å². The molecule has 0 atom stereocenters. The summed E-state index contributed by atoms with van der Waals surface area (Å²) in [6.07, 6.45) is 1.20. The normalized spacial score (nSPS) is 15.5. The van der Waals surface area contributed by atoms with Crippen LogP contribution >= 0.6 is 11.6 Å². The zero-order valence-corrected chi connectivity index (χ0v) is 15.8. The van der Waals surface area contributed by atoms with E-state index in [0.717, 1.165) is 48.5 Å². The van der Waals surface area contributed by atoms with Crippen molar-refractivity contribution in [2.45, 2.75) is 13.3 Å². The zero-order chi connectivity index (χ0) is 17.9. The van der Waals surface area contributed by atoms with Gasteiger partial charge >= 0.3 is 0 Å². The standard InChI is InChI=1S/C21H23ClN4/c1-2-11-25-12-14-26(15-13-25)21-17-8-4-6-10-19(17)23-20(24-21)16-7-3-5-9-18(16)22/h3-10H,2,11-15H2,1H3. The summed E-state index contributed by atoms with van der Waals surface area (Å²) >= 11 is 6.40. The molecule has 0 amide bonds. The molecule has 0 spiro atoms. The minimum Gasteiger partial charge on any atom is -0.353 e. The van der Waals surface area contributed by atoms with Crippen molar-refractivity contribution >= 4 is 28.3 Å². The third-order valence-electron chi connectivity index (χ3n) is 4.91. The lowest BCUT2D eigenvalue weighted by Gasteiger charge is -2.35. The van der Waals surface area contributed by atoms with Gasteiger partial charge in [-0.25, -0.2) is 9.97 Å². The molecule has 0 saturated carbocycles. The maximum absolute atomic E-state index is 6.40. The average molecular weight is 367 g/mol. The average Bonchev–Trinajstić information content (AvgIpc) is 2.68. The van der Waals surface area contributed by atoms with Gasteiger partial charge < -0.3 is 4.90 Å². The van der Waals surface area contributed by atoms with Crippen LogP contribution in [0.3, 0.4) is 0 Å². The second kappa shape index (κ2) is 7.60. The molecule has 2 aromatic carbocycles. The van der Waals surface area contributed by atoms with Crippen LogP contribution in [0.1, 0.15) is 13.3 Å². The van der Waals surface area contributed by atoms with Gasteiger partial charge in [-0.2, -0.15) is 0 Å². The molecule has 1 aliphatic rings. The second-order valence-electron chi connectivity index (χ2n) is 6.70. The molecule has 5 heteroatoms. The molecule has 2 heterocycles. The number of rotatable bonds is 4. The Bertz CT molecular complexity index is 903. The Hall–Kier alpha value is -2.17. The largest absolute Gasteiger partial charge is 0.353 e. The van der Waals surface area contributed by atoms with Gasteiger partial charge in [0.2, 0.25) is 0 Å². The fourth-order valence-corrected chi connectivity index (χ4v) is 3.78. The summed E-state index contributed by atoms with van der Waals surface area (Å²) in [7, 11) is 0. The van der Waals surface area contributed by atoms with Gasteiger partial charge in [0.05, 0.1) is 10.5 Å². The Morgan fingerprint density at radius 1 is 0.923 bits per heavy atom. The quantitative estimate of drug-likeness (QED) is 0.681. The molecule has 0 N–H and O–H groups in total. The molecule has 1 fully saturated rings. The third kappa shape index (κ3) is 3.39. The predicted octanol–water partition coefficient (Wildman–Crippen LogP) is 4.48. The maximum atomic E-state index is 6.40. The highest BCUT2D eigenvalue weighted by molar-refractivity contribution is 6.33. The Labute approximate surface area is 159 Å². The first-order chi connectivity index (χ1) is 12.8. The van der Waals surface area contributed by atoms with Crippen LogP contribution in [0, 0.1) is 0 Å². The summed E-state index contributed by atoms with van der Waals surface area (Å²) in [5, 5.41) is 1.79. The summed E-state index contributed by atoms with van der Waals surface area (Å²) in [5.74, 6) is 1.71. The molecule has 134 valence electrons. The van der Waals surface area contributed by atoms with Gasteiger partial charge in [-0.1, -0.05) is 42.8 Å². The van der Waals surface area contributed by atoms with E-state index < -0.39 is 0 Å². The number of hydrogen-bond acceptors (Lipinski definition) is 4. The lowest BCUT2D eigenvalue weighted by atomic mass is 10.1. The van der Waals surface area contributed by atoms with E-state index in [1.54, 1.807) is 0 Å². The first-order valence-electron chi connectivity index (χ1n) is 9.25. The molecule has 0 radical (unpaired) electrons. The molecule has 26 heavy (non-hydrogen) atoms. The number of aromatic nitrogens is 2. The number of halogens is 1. The van der Waals surface area contributed by atoms with Crippen molar-refractivity contribution in [3.8, 4) is 11.4 Å². The van der Waals surface area contributed by atoms with Crippen LogP contribution in [0.4, 0.5) is 5.82 Å². The molecule has 0 aliphatic carbocycles. The SMILES string of the molecule is CCCN1CCN(c2nc(-c3ccccc3Cl)nc3ccccc23)CC1. The highest BCUT2D eigenvalue weighted by Gasteiger charge is 2.21. The number of para-hydroxylation sites is 1. The molecular weight excluding hydrogens is 344 g/mol. The Balaban J connectivity index is 1.75. The summed E-state index contributed by atoms with van der Waals surface area (Å²) in [5.41, 5.74) is 1.84.